The quantitative estimate of drug-likeness (QED) is 0.594. The number of amides is 2. The summed E-state index contributed by atoms with van der Waals surface area (Å²) in [7, 11) is 0. The minimum absolute atomic E-state index is 0.0751. The molecular weight excluding hydrogens is 204 g/mol. The van der Waals surface area contributed by atoms with Crippen molar-refractivity contribution in [3.05, 3.63) is 0 Å². The highest BCUT2D eigenvalue weighted by molar-refractivity contribution is 5.90. The highest BCUT2D eigenvalue weighted by Crippen LogP contribution is 2.22. The van der Waals surface area contributed by atoms with Crippen LogP contribution < -0.4 is 0 Å². The summed E-state index contributed by atoms with van der Waals surface area (Å²) in [4.78, 5) is 27.4. The van der Waals surface area contributed by atoms with Crippen molar-refractivity contribution in [3.8, 4) is 11.8 Å². The Morgan fingerprint density at radius 1 is 1.38 bits per heavy atom. The Kier molecular flexibility index (Phi) is 3.14. The van der Waals surface area contributed by atoms with E-state index in [0.717, 1.165) is 19.4 Å². The number of nitrogens with zero attached hydrogens (tertiary/aromatic N) is 2. The van der Waals surface area contributed by atoms with Gasteiger partial charge in [-0.3, -0.25) is 9.59 Å². The maximum Gasteiger partial charge on any atom is 0.246 e. The van der Waals surface area contributed by atoms with Gasteiger partial charge in [-0.25, -0.2) is 0 Å². The van der Waals surface area contributed by atoms with Crippen LogP contribution in [0.2, 0.25) is 0 Å². The van der Waals surface area contributed by atoms with Gasteiger partial charge in [-0.1, -0.05) is 5.92 Å². The molecule has 1 unspecified atom stereocenters. The average molecular weight is 220 g/mol. The molecule has 0 radical (unpaired) electrons. The van der Waals surface area contributed by atoms with Crippen molar-refractivity contribution < 1.29 is 9.59 Å². The van der Waals surface area contributed by atoms with Crippen molar-refractivity contribution in [1.82, 2.24) is 9.80 Å². The second kappa shape index (κ2) is 4.56. The molecule has 2 amide bonds. The Balaban J connectivity index is 2.15. The minimum atomic E-state index is -0.214. The van der Waals surface area contributed by atoms with Crippen molar-refractivity contribution in [1.29, 1.82) is 0 Å². The summed E-state index contributed by atoms with van der Waals surface area (Å²) in [5, 5.41) is 0. The molecule has 0 aromatic carbocycles. The first kappa shape index (κ1) is 11.0. The molecule has 0 bridgehead atoms. The van der Waals surface area contributed by atoms with E-state index in [2.05, 4.69) is 11.8 Å². The smallest absolute Gasteiger partial charge is 0.246 e. The van der Waals surface area contributed by atoms with Gasteiger partial charge in [0.1, 0.15) is 6.04 Å². The lowest BCUT2D eigenvalue weighted by Crippen LogP contribution is -2.43. The van der Waals surface area contributed by atoms with Crippen LogP contribution in [0, 0.1) is 11.8 Å². The Bertz CT molecular complexity index is 367. The van der Waals surface area contributed by atoms with Crippen molar-refractivity contribution in [3.63, 3.8) is 0 Å². The third kappa shape index (κ3) is 1.90. The van der Waals surface area contributed by atoms with Crippen molar-refractivity contribution in [2.45, 2.75) is 32.2 Å². The molecule has 0 aliphatic carbocycles. The van der Waals surface area contributed by atoms with Gasteiger partial charge in [0.05, 0.1) is 6.54 Å². The van der Waals surface area contributed by atoms with Gasteiger partial charge >= 0.3 is 0 Å². The lowest BCUT2D eigenvalue weighted by molar-refractivity contribution is -0.139. The van der Waals surface area contributed by atoms with Crippen LogP contribution in [0.3, 0.4) is 0 Å². The van der Waals surface area contributed by atoms with E-state index in [-0.39, 0.29) is 17.9 Å². The summed E-state index contributed by atoms with van der Waals surface area (Å²) in [6.45, 7) is 3.46. The molecule has 2 fully saturated rings. The first-order chi connectivity index (χ1) is 7.74. The van der Waals surface area contributed by atoms with Crippen LogP contribution in [0.4, 0.5) is 0 Å². The lowest BCUT2D eigenvalue weighted by atomic mass is 10.2. The highest BCUT2D eigenvalue weighted by atomic mass is 16.2. The molecule has 0 aromatic rings. The summed E-state index contributed by atoms with van der Waals surface area (Å²) < 4.78 is 0. The molecule has 2 aliphatic heterocycles. The van der Waals surface area contributed by atoms with Crippen molar-refractivity contribution >= 4 is 11.8 Å². The molecule has 2 heterocycles. The normalized spacial score (nSPS) is 24.9. The van der Waals surface area contributed by atoms with Gasteiger partial charge in [-0.2, -0.15) is 0 Å². The van der Waals surface area contributed by atoms with Crippen LogP contribution >= 0.6 is 0 Å². The number of hydrogen-bond acceptors (Lipinski definition) is 2. The molecule has 0 N–H and O–H groups in total. The highest BCUT2D eigenvalue weighted by Gasteiger charge is 2.38. The predicted molar refractivity (Wildman–Crippen MR) is 59.4 cm³/mol. The zero-order valence-corrected chi connectivity index (χ0v) is 9.53. The maximum absolute atomic E-state index is 12.1. The Hall–Kier alpha value is -1.50. The summed E-state index contributed by atoms with van der Waals surface area (Å²) in [6, 6.07) is -0.214. The van der Waals surface area contributed by atoms with Gasteiger partial charge in [0.15, 0.2) is 0 Å². The molecule has 0 spiro atoms. The van der Waals surface area contributed by atoms with E-state index in [9.17, 15) is 9.59 Å². The summed E-state index contributed by atoms with van der Waals surface area (Å²) in [5.41, 5.74) is 0. The lowest BCUT2D eigenvalue weighted by Gasteiger charge is -2.23. The van der Waals surface area contributed by atoms with Gasteiger partial charge in [-0.15, -0.1) is 5.92 Å². The third-order valence-electron chi connectivity index (χ3n) is 3.21. The first-order valence-corrected chi connectivity index (χ1v) is 5.72. The molecule has 2 aliphatic rings. The fourth-order valence-corrected chi connectivity index (χ4v) is 2.35. The monoisotopic (exact) mass is 220 g/mol. The molecule has 16 heavy (non-hydrogen) atoms. The van der Waals surface area contributed by atoms with E-state index in [1.165, 1.54) is 0 Å². The molecular formula is C12H16N2O2. The Morgan fingerprint density at radius 3 is 2.94 bits per heavy atom. The molecule has 1 atom stereocenters. The van der Waals surface area contributed by atoms with Gasteiger partial charge < -0.3 is 9.80 Å². The molecule has 0 saturated carbocycles. The largest absolute Gasteiger partial charge is 0.331 e. The van der Waals surface area contributed by atoms with E-state index in [1.807, 2.05) is 0 Å². The zero-order valence-electron chi connectivity index (χ0n) is 9.53. The van der Waals surface area contributed by atoms with Gasteiger partial charge in [-0.05, 0) is 19.8 Å². The Morgan fingerprint density at radius 2 is 2.19 bits per heavy atom. The number of fused-ring (bicyclic) bond motifs is 1. The van der Waals surface area contributed by atoms with Crippen LogP contribution in [0.1, 0.15) is 26.2 Å². The van der Waals surface area contributed by atoms with E-state index in [1.54, 1.807) is 16.7 Å². The van der Waals surface area contributed by atoms with Crippen LogP contribution in [0.15, 0.2) is 0 Å². The number of hydrogen-bond donors (Lipinski definition) is 0. The standard InChI is InChI=1S/C12H16N2O2/c1-2-3-7-13-9-6-11(15)14-8-4-5-10(14)12(13)16/h10H,4-9H2,1H3. The fraction of sp³-hybridized carbons (Fsp3) is 0.667. The first-order valence-electron chi connectivity index (χ1n) is 5.72. The van der Waals surface area contributed by atoms with Crippen molar-refractivity contribution in [2.75, 3.05) is 19.6 Å². The summed E-state index contributed by atoms with van der Waals surface area (Å²) in [5.74, 6) is 5.87. The summed E-state index contributed by atoms with van der Waals surface area (Å²) >= 11 is 0. The number of carbonyl (C=O) groups excluding carboxylic acids is 2. The second-order valence-corrected chi connectivity index (χ2v) is 4.18. The minimum Gasteiger partial charge on any atom is -0.331 e. The van der Waals surface area contributed by atoms with Crippen LogP contribution in [-0.2, 0) is 9.59 Å². The van der Waals surface area contributed by atoms with Gasteiger partial charge in [0.25, 0.3) is 0 Å². The molecule has 2 saturated heterocycles. The van der Waals surface area contributed by atoms with Crippen LogP contribution in [0.5, 0.6) is 0 Å². The maximum atomic E-state index is 12.1. The van der Waals surface area contributed by atoms with E-state index in [4.69, 9.17) is 0 Å². The van der Waals surface area contributed by atoms with Crippen LogP contribution in [-0.4, -0.2) is 47.3 Å². The number of rotatable bonds is 1. The molecule has 4 nitrogen and oxygen atoms in total. The van der Waals surface area contributed by atoms with Crippen LogP contribution in [0.25, 0.3) is 0 Å². The number of carbonyl (C=O) groups is 2. The van der Waals surface area contributed by atoms with E-state index < -0.39 is 0 Å². The van der Waals surface area contributed by atoms with Crippen molar-refractivity contribution in [2.24, 2.45) is 0 Å². The van der Waals surface area contributed by atoms with E-state index in [0.29, 0.717) is 19.5 Å². The molecule has 4 heteroatoms. The van der Waals surface area contributed by atoms with Gasteiger partial charge in [0.2, 0.25) is 11.8 Å². The predicted octanol–water partition coefficient (Wildman–Crippen LogP) is 0.233. The van der Waals surface area contributed by atoms with E-state index >= 15 is 0 Å². The SMILES string of the molecule is CC#CCN1CCC(=O)N2CCCC2C1=O. The molecule has 2 rings (SSSR count). The zero-order chi connectivity index (χ0) is 11.5. The topological polar surface area (TPSA) is 40.6 Å². The molecule has 86 valence electrons. The summed E-state index contributed by atoms with van der Waals surface area (Å²) in [6.07, 6.45) is 2.18. The average Bonchev–Trinajstić information content (AvgIpc) is 2.73. The Labute approximate surface area is 95.6 Å². The van der Waals surface area contributed by atoms with Gasteiger partial charge in [0, 0.05) is 19.5 Å². The third-order valence-corrected chi connectivity index (χ3v) is 3.21. The fourth-order valence-electron chi connectivity index (χ4n) is 2.35. The second-order valence-electron chi connectivity index (χ2n) is 4.18. The molecule has 0 aromatic heterocycles.